The van der Waals surface area contributed by atoms with Gasteiger partial charge in [0, 0.05) is 34.6 Å². The Bertz CT molecular complexity index is 3370. The Balaban J connectivity index is 0.000000210. The highest BCUT2D eigenvalue weighted by Crippen LogP contribution is 2.20. The topological polar surface area (TPSA) is 144 Å². The van der Waals surface area contributed by atoms with Gasteiger partial charge in [0.1, 0.15) is 71.8 Å². The maximum Gasteiger partial charge on any atom is 0.319 e. The zero-order valence-electron chi connectivity index (χ0n) is 49.6. The molecule has 455 valence electrons. The van der Waals surface area contributed by atoms with Crippen molar-refractivity contribution in [2.75, 3.05) is 67.0 Å². The number of carbonyl (C=O) groups is 2. The molecule has 0 aliphatic carbocycles. The van der Waals surface area contributed by atoms with Crippen LogP contribution in [0.15, 0.2) is 214 Å². The number of furan rings is 3. The fourth-order valence-corrected chi connectivity index (χ4v) is 8.78. The molecule has 0 fully saturated rings. The molecule has 18 heteroatoms. The van der Waals surface area contributed by atoms with Crippen molar-refractivity contribution in [2.24, 2.45) is 0 Å². The Morgan fingerprint density at radius 1 is 0.460 bits per heavy atom. The highest BCUT2D eigenvalue weighted by atomic mass is 19.1. The number of nitrogens with one attached hydrogen (secondary N) is 2. The molecule has 0 saturated carbocycles. The normalized spacial score (nSPS) is 10.8. The monoisotopic (exact) mass is 1190 g/mol. The number of halogens is 3. The van der Waals surface area contributed by atoms with Gasteiger partial charge in [0.15, 0.2) is 0 Å². The summed E-state index contributed by atoms with van der Waals surface area (Å²) in [5.74, 6) is 3.71. The molecule has 9 aromatic rings. The van der Waals surface area contributed by atoms with E-state index in [0.29, 0.717) is 59.1 Å². The molecule has 3 heterocycles. The fourth-order valence-electron chi connectivity index (χ4n) is 8.78. The number of ether oxygens (including phenoxy) is 4. The molecule has 9 rings (SSSR count). The average Bonchev–Trinajstić information content (AvgIpc) is 4.53. The summed E-state index contributed by atoms with van der Waals surface area (Å²) in [5, 5.41) is 6.31. The van der Waals surface area contributed by atoms with E-state index in [1.807, 2.05) is 145 Å². The van der Waals surface area contributed by atoms with Crippen LogP contribution in [-0.2, 0) is 73.0 Å². The molecule has 0 aliphatic rings. The molecule has 0 aliphatic heterocycles. The minimum Gasteiger partial charge on any atom is -0.489 e. The summed E-state index contributed by atoms with van der Waals surface area (Å²) >= 11 is 0. The quantitative estimate of drug-likeness (QED) is 0.0242. The molecule has 14 nitrogen and oxygen atoms in total. The molecule has 3 aromatic heterocycles. The SMILES string of the molecule is CN(C)CCNC(=O)CN(CCc1cccc(OCc2cccc(F)c2)c1)Cc1ccco1.COC(=O)CN(CCc1cccc(OCc2cccc(F)c2)c1)Cc1ccco1.Fc1cccc(COc2cccc(CCNCc3ccco3)c2)c1.[B]. The van der Waals surface area contributed by atoms with E-state index < -0.39 is 0 Å². The molecule has 87 heavy (non-hydrogen) atoms. The van der Waals surface area contributed by atoms with Crippen molar-refractivity contribution in [2.45, 2.75) is 58.7 Å². The average molecular weight is 1190 g/mol. The summed E-state index contributed by atoms with van der Waals surface area (Å²) < 4.78 is 78.2. The van der Waals surface area contributed by atoms with Gasteiger partial charge in [-0.05, 0) is 182 Å². The van der Waals surface area contributed by atoms with Crippen molar-refractivity contribution in [3.8, 4) is 17.2 Å². The lowest BCUT2D eigenvalue weighted by molar-refractivity contribution is -0.142. The van der Waals surface area contributed by atoms with Gasteiger partial charge in [-0.3, -0.25) is 19.4 Å². The van der Waals surface area contributed by atoms with E-state index in [-0.39, 0.29) is 44.3 Å². The van der Waals surface area contributed by atoms with Crippen LogP contribution in [0.25, 0.3) is 0 Å². The van der Waals surface area contributed by atoms with Crippen LogP contribution in [0, 0.1) is 17.5 Å². The van der Waals surface area contributed by atoms with Crippen LogP contribution in [0.1, 0.15) is 50.7 Å². The largest absolute Gasteiger partial charge is 0.489 e. The Kier molecular flexibility index (Phi) is 29.1. The zero-order valence-corrected chi connectivity index (χ0v) is 49.6. The molecule has 1 amide bonds. The number of rotatable bonds is 31. The highest BCUT2D eigenvalue weighted by molar-refractivity contribution is 5.78. The molecule has 0 spiro atoms. The number of methoxy groups -OCH3 is 1. The maximum absolute atomic E-state index is 13.4. The van der Waals surface area contributed by atoms with E-state index in [0.717, 1.165) is 101 Å². The van der Waals surface area contributed by atoms with Crippen molar-refractivity contribution < 1.29 is 55.0 Å². The van der Waals surface area contributed by atoms with E-state index >= 15 is 0 Å². The highest BCUT2D eigenvalue weighted by Gasteiger charge is 2.16. The Morgan fingerprint density at radius 3 is 1.26 bits per heavy atom. The lowest BCUT2D eigenvalue weighted by atomic mass is 10.1. The van der Waals surface area contributed by atoms with Gasteiger partial charge in [0.05, 0.1) is 58.6 Å². The van der Waals surface area contributed by atoms with Crippen LogP contribution in [0.2, 0.25) is 0 Å². The second-order valence-corrected chi connectivity index (χ2v) is 20.5. The summed E-state index contributed by atoms with van der Waals surface area (Å²) in [6.45, 7) is 6.87. The first-order valence-electron chi connectivity index (χ1n) is 28.5. The number of likely N-dealkylation sites (N-methyl/N-ethyl adjacent to an activating group) is 1. The minimum atomic E-state index is -0.288. The Labute approximate surface area is 510 Å². The van der Waals surface area contributed by atoms with Gasteiger partial charge in [0.2, 0.25) is 5.91 Å². The van der Waals surface area contributed by atoms with Crippen molar-refractivity contribution in [3.05, 3.63) is 269 Å². The number of hydrogen-bond acceptors (Lipinski definition) is 13. The number of nitrogens with zero attached hydrogens (tertiary/aromatic N) is 3. The first-order chi connectivity index (χ1) is 41.9. The predicted octanol–water partition coefficient (Wildman–Crippen LogP) is 11.9. The minimum absolute atomic E-state index is 0. The second kappa shape index (κ2) is 37.6. The van der Waals surface area contributed by atoms with Crippen molar-refractivity contribution in [3.63, 3.8) is 0 Å². The lowest BCUT2D eigenvalue weighted by Crippen LogP contribution is -2.40. The van der Waals surface area contributed by atoms with Crippen LogP contribution in [-0.4, -0.2) is 102 Å². The summed E-state index contributed by atoms with van der Waals surface area (Å²) in [6.07, 6.45) is 7.32. The third-order valence-corrected chi connectivity index (χ3v) is 13.2. The van der Waals surface area contributed by atoms with E-state index in [4.69, 9.17) is 32.2 Å². The number of amides is 1. The molecule has 0 atom stereocenters. The molecule has 0 bridgehead atoms. The molecule has 6 aromatic carbocycles. The van der Waals surface area contributed by atoms with Gasteiger partial charge >= 0.3 is 5.97 Å². The molecule has 3 radical (unpaired) electrons. The van der Waals surface area contributed by atoms with E-state index in [2.05, 4.69) is 21.6 Å². The third kappa shape index (κ3) is 26.6. The van der Waals surface area contributed by atoms with Gasteiger partial charge < -0.3 is 47.7 Å². The number of hydrogen-bond donors (Lipinski definition) is 2. The van der Waals surface area contributed by atoms with Gasteiger partial charge in [-0.15, -0.1) is 0 Å². The first-order valence-corrected chi connectivity index (χ1v) is 28.5. The van der Waals surface area contributed by atoms with Gasteiger partial charge in [-0.2, -0.15) is 0 Å². The molecular weight excluding hydrogens is 1110 g/mol. The van der Waals surface area contributed by atoms with Crippen molar-refractivity contribution >= 4 is 20.3 Å². The van der Waals surface area contributed by atoms with Crippen LogP contribution in [0.5, 0.6) is 17.2 Å². The number of carbonyl (C=O) groups excluding carboxylic acids is 2. The summed E-state index contributed by atoms with van der Waals surface area (Å²) in [5.41, 5.74) is 5.75. The molecular formula is C69H76BF3N5O9. The van der Waals surface area contributed by atoms with Gasteiger partial charge in [0.25, 0.3) is 0 Å². The second-order valence-electron chi connectivity index (χ2n) is 20.5. The van der Waals surface area contributed by atoms with Gasteiger partial charge in [-0.1, -0.05) is 72.8 Å². The third-order valence-electron chi connectivity index (χ3n) is 13.2. The standard InChI is InChI=1S/C26H32FN3O3.C23H24FNO4.C20H20FNO2.B/c1-29(2)14-12-28-26(31)19-30(18-25-10-5-15-32-25)13-11-21-6-4-9-24(17-21)33-20-22-7-3-8-23(27)16-22;1-27-23(26)16-25(15-22-9-4-12-28-22)11-10-18-5-3-8-21(14-18)29-17-19-6-2-7-20(24)13-19;21-18-6-1-5-17(12-18)15-24-19-7-2-4-16(13-19)9-10-22-14-20-8-3-11-23-20;/h3-10,15-17H,11-14,18-20H2,1-2H3,(H,28,31);2-9,12-14H,10-11,15-17H2,1H3;1-8,11-13,22H,9-10,14-15H2;. The molecule has 2 N–H and O–H groups in total. The predicted molar refractivity (Wildman–Crippen MR) is 330 cm³/mol. The summed E-state index contributed by atoms with van der Waals surface area (Å²) in [7, 11) is 5.34. The Hall–Kier alpha value is -8.81. The molecule has 0 saturated heterocycles. The van der Waals surface area contributed by atoms with Gasteiger partial charge in [-0.25, -0.2) is 13.2 Å². The van der Waals surface area contributed by atoms with Crippen molar-refractivity contribution in [1.29, 1.82) is 0 Å². The Morgan fingerprint density at radius 2 is 0.862 bits per heavy atom. The smallest absolute Gasteiger partial charge is 0.319 e. The first kappa shape index (κ1) is 67.3. The number of esters is 1. The van der Waals surface area contributed by atoms with Crippen LogP contribution in [0.4, 0.5) is 13.2 Å². The number of benzene rings is 6. The molecule has 0 unspecified atom stereocenters. The summed E-state index contributed by atoms with van der Waals surface area (Å²) in [6, 6.07) is 54.2. The lowest BCUT2D eigenvalue weighted by Gasteiger charge is -2.21. The van der Waals surface area contributed by atoms with Crippen LogP contribution < -0.4 is 24.8 Å². The van der Waals surface area contributed by atoms with E-state index in [9.17, 15) is 22.8 Å². The van der Waals surface area contributed by atoms with Crippen LogP contribution in [0.3, 0.4) is 0 Å². The summed E-state index contributed by atoms with van der Waals surface area (Å²) in [4.78, 5) is 30.2. The van der Waals surface area contributed by atoms with Crippen LogP contribution >= 0.6 is 0 Å². The van der Waals surface area contributed by atoms with E-state index in [1.54, 1.807) is 37.0 Å². The fraction of sp³-hybridized carbons (Fsp3) is 0.275. The van der Waals surface area contributed by atoms with E-state index in [1.165, 1.54) is 49.1 Å². The maximum atomic E-state index is 13.4. The zero-order chi connectivity index (χ0) is 60.6. The van der Waals surface area contributed by atoms with Crippen molar-refractivity contribution in [1.82, 2.24) is 25.3 Å².